The van der Waals surface area contributed by atoms with Crippen molar-refractivity contribution >= 4 is 0 Å². The molecule has 0 aliphatic carbocycles. The van der Waals surface area contributed by atoms with E-state index in [0.717, 1.165) is 48.8 Å². The van der Waals surface area contributed by atoms with Crippen LogP contribution in [-0.4, -0.2) is 32.8 Å². The van der Waals surface area contributed by atoms with Crippen LogP contribution in [0, 0.1) is 5.82 Å². The maximum Gasteiger partial charge on any atom is 0.164 e. The Bertz CT molecular complexity index is 828. The highest BCUT2D eigenvalue weighted by Crippen LogP contribution is 2.21. The second kappa shape index (κ2) is 6.53. The third-order valence-electron chi connectivity index (χ3n) is 4.50. The summed E-state index contributed by atoms with van der Waals surface area (Å²) in [6.45, 7) is 3.17. The number of aromatic nitrogens is 3. The largest absolute Gasteiger partial charge is 0.310 e. The first-order valence-electron chi connectivity index (χ1n) is 8.24. The molecular weight excluding hydrogens is 303 g/mol. The highest BCUT2D eigenvalue weighted by atomic mass is 19.1. The van der Waals surface area contributed by atoms with Gasteiger partial charge in [-0.3, -0.25) is 4.90 Å². The molecule has 1 aliphatic rings. The Morgan fingerprint density at radius 1 is 0.875 bits per heavy atom. The van der Waals surface area contributed by atoms with Gasteiger partial charge in [0.2, 0.25) is 0 Å². The molecule has 0 unspecified atom stereocenters. The van der Waals surface area contributed by atoms with Crippen molar-refractivity contribution in [3.8, 4) is 11.4 Å². The lowest BCUT2D eigenvalue weighted by Gasteiger charge is -2.20. The number of nitrogens with zero attached hydrogens (tertiary/aromatic N) is 4. The van der Waals surface area contributed by atoms with Crippen LogP contribution in [0.2, 0.25) is 0 Å². The average Bonchev–Trinajstić information content (AvgIpc) is 2.92. The normalized spacial score (nSPS) is 15.0. The fourth-order valence-electron chi connectivity index (χ4n) is 3.19. The van der Waals surface area contributed by atoms with Gasteiger partial charge in [-0.2, -0.15) is 0 Å². The van der Waals surface area contributed by atoms with E-state index in [1.807, 2.05) is 30.3 Å². The highest BCUT2D eigenvalue weighted by molar-refractivity contribution is 5.55. The molecule has 0 saturated heterocycles. The minimum atomic E-state index is -0.133. The monoisotopic (exact) mass is 322 g/mol. The maximum absolute atomic E-state index is 13.9. The smallest absolute Gasteiger partial charge is 0.164 e. The molecule has 4 nitrogen and oxygen atoms in total. The van der Waals surface area contributed by atoms with Gasteiger partial charge in [0.25, 0.3) is 0 Å². The zero-order valence-corrected chi connectivity index (χ0v) is 13.4. The van der Waals surface area contributed by atoms with Crippen LogP contribution < -0.4 is 0 Å². The lowest BCUT2D eigenvalue weighted by atomic mass is 10.2. The first-order valence-corrected chi connectivity index (χ1v) is 8.24. The Balaban J connectivity index is 1.53. The van der Waals surface area contributed by atoms with E-state index in [1.165, 1.54) is 6.07 Å². The second-order valence-electron chi connectivity index (χ2n) is 6.08. The van der Waals surface area contributed by atoms with Crippen molar-refractivity contribution in [3.05, 3.63) is 71.8 Å². The quantitative estimate of drug-likeness (QED) is 0.743. The van der Waals surface area contributed by atoms with Crippen molar-refractivity contribution in [2.24, 2.45) is 0 Å². The molecular formula is C19H19FN4. The van der Waals surface area contributed by atoms with E-state index in [0.29, 0.717) is 6.54 Å². The molecule has 0 radical (unpaired) electrons. The van der Waals surface area contributed by atoms with Crippen LogP contribution >= 0.6 is 0 Å². The summed E-state index contributed by atoms with van der Waals surface area (Å²) >= 11 is 0. The average molecular weight is 322 g/mol. The van der Waals surface area contributed by atoms with E-state index in [1.54, 1.807) is 6.07 Å². The van der Waals surface area contributed by atoms with Crippen molar-refractivity contribution < 1.29 is 4.39 Å². The molecule has 2 heterocycles. The van der Waals surface area contributed by atoms with E-state index in [-0.39, 0.29) is 5.82 Å². The standard InChI is InChI=1S/C19H19FN4/c20-17-9-5-4-8-16(17)14-23-11-10-18-21-22-19(24(18)13-12-23)15-6-2-1-3-7-15/h1-9H,10-14H2. The summed E-state index contributed by atoms with van der Waals surface area (Å²) in [7, 11) is 0. The van der Waals surface area contributed by atoms with Crippen molar-refractivity contribution in [3.63, 3.8) is 0 Å². The Kier molecular flexibility index (Phi) is 4.09. The second-order valence-corrected chi connectivity index (χ2v) is 6.08. The Morgan fingerprint density at radius 3 is 2.50 bits per heavy atom. The molecule has 122 valence electrons. The van der Waals surface area contributed by atoms with Gasteiger partial charge in [-0.25, -0.2) is 4.39 Å². The van der Waals surface area contributed by atoms with E-state index in [9.17, 15) is 4.39 Å². The first-order chi connectivity index (χ1) is 11.8. The van der Waals surface area contributed by atoms with Gasteiger partial charge in [0.05, 0.1) is 0 Å². The molecule has 3 aromatic rings. The van der Waals surface area contributed by atoms with Gasteiger partial charge in [-0.15, -0.1) is 10.2 Å². The van der Waals surface area contributed by atoms with Gasteiger partial charge in [0.15, 0.2) is 5.82 Å². The first kappa shape index (κ1) is 15.0. The molecule has 1 aromatic heterocycles. The maximum atomic E-state index is 13.9. The molecule has 0 fully saturated rings. The van der Waals surface area contributed by atoms with Crippen LogP contribution in [0.15, 0.2) is 54.6 Å². The highest BCUT2D eigenvalue weighted by Gasteiger charge is 2.20. The van der Waals surface area contributed by atoms with Gasteiger partial charge < -0.3 is 4.57 Å². The number of rotatable bonds is 3. The topological polar surface area (TPSA) is 34.0 Å². The lowest BCUT2D eigenvalue weighted by Crippen LogP contribution is -2.27. The molecule has 0 N–H and O–H groups in total. The minimum Gasteiger partial charge on any atom is -0.310 e. The summed E-state index contributed by atoms with van der Waals surface area (Å²) in [4.78, 5) is 2.28. The van der Waals surface area contributed by atoms with Gasteiger partial charge in [-0.1, -0.05) is 48.5 Å². The van der Waals surface area contributed by atoms with E-state index >= 15 is 0 Å². The number of hydrogen-bond acceptors (Lipinski definition) is 3. The zero-order chi connectivity index (χ0) is 16.4. The molecule has 0 bridgehead atoms. The zero-order valence-electron chi connectivity index (χ0n) is 13.4. The number of hydrogen-bond donors (Lipinski definition) is 0. The Morgan fingerprint density at radius 2 is 1.67 bits per heavy atom. The number of fused-ring (bicyclic) bond motifs is 1. The molecule has 1 aliphatic heterocycles. The molecule has 0 atom stereocenters. The van der Waals surface area contributed by atoms with Gasteiger partial charge >= 0.3 is 0 Å². The van der Waals surface area contributed by atoms with Crippen LogP contribution in [0.1, 0.15) is 11.4 Å². The van der Waals surface area contributed by atoms with Gasteiger partial charge in [0, 0.05) is 43.7 Å². The number of benzene rings is 2. The molecule has 24 heavy (non-hydrogen) atoms. The minimum absolute atomic E-state index is 0.133. The summed E-state index contributed by atoms with van der Waals surface area (Å²) in [6.07, 6.45) is 0.828. The van der Waals surface area contributed by atoms with Crippen molar-refractivity contribution in [1.29, 1.82) is 0 Å². The molecule has 5 heteroatoms. The van der Waals surface area contributed by atoms with Crippen molar-refractivity contribution in [1.82, 2.24) is 19.7 Å². The molecule has 0 amide bonds. The molecule has 4 rings (SSSR count). The third-order valence-corrected chi connectivity index (χ3v) is 4.50. The Labute approximate surface area is 140 Å². The van der Waals surface area contributed by atoms with Crippen LogP contribution in [0.25, 0.3) is 11.4 Å². The fourth-order valence-corrected chi connectivity index (χ4v) is 3.19. The van der Waals surface area contributed by atoms with Crippen LogP contribution in [-0.2, 0) is 19.5 Å². The van der Waals surface area contributed by atoms with Gasteiger partial charge in [0.1, 0.15) is 11.6 Å². The lowest BCUT2D eigenvalue weighted by molar-refractivity contribution is 0.267. The van der Waals surface area contributed by atoms with E-state index in [2.05, 4.69) is 31.8 Å². The number of halogens is 1. The predicted molar refractivity (Wildman–Crippen MR) is 90.8 cm³/mol. The molecule has 2 aromatic carbocycles. The fraction of sp³-hybridized carbons (Fsp3) is 0.263. The summed E-state index contributed by atoms with van der Waals surface area (Å²) in [6, 6.07) is 17.1. The van der Waals surface area contributed by atoms with Crippen molar-refractivity contribution in [2.45, 2.75) is 19.5 Å². The summed E-state index contributed by atoms with van der Waals surface area (Å²) in [5, 5.41) is 8.73. The summed E-state index contributed by atoms with van der Waals surface area (Å²) in [5.74, 6) is 1.79. The SMILES string of the molecule is Fc1ccccc1CN1CCc2nnc(-c3ccccc3)n2CC1. The summed E-state index contributed by atoms with van der Waals surface area (Å²) in [5.41, 5.74) is 1.83. The molecule has 0 spiro atoms. The van der Waals surface area contributed by atoms with Crippen LogP contribution in [0.5, 0.6) is 0 Å². The van der Waals surface area contributed by atoms with Crippen LogP contribution in [0.4, 0.5) is 4.39 Å². The van der Waals surface area contributed by atoms with Crippen LogP contribution in [0.3, 0.4) is 0 Å². The summed E-state index contributed by atoms with van der Waals surface area (Å²) < 4.78 is 16.1. The van der Waals surface area contributed by atoms with Gasteiger partial charge in [-0.05, 0) is 6.07 Å². The predicted octanol–water partition coefficient (Wildman–Crippen LogP) is 3.14. The third kappa shape index (κ3) is 2.95. The van der Waals surface area contributed by atoms with Crippen molar-refractivity contribution in [2.75, 3.05) is 13.1 Å². The molecule has 0 saturated carbocycles. The van der Waals surface area contributed by atoms with E-state index in [4.69, 9.17) is 0 Å². The van der Waals surface area contributed by atoms with E-state index < -0.39 is 0 Å². The Hall–Kier alpha value is -2.53.